The summed E-state index contributed by atoms with van der Waals surface area (Å²) in [7, 11) is 0. The molecule has 2 nitrogen and oxygen atoms in total. The van der Waals surface area contributed by atoms with Crippen LogP contribution in [0.5, 0.6) is 0 Å². The summed E-state index contributed by atoms with van der Waals surface area (Å²) in [6, 6.07) is 4.16. The van der Waals surface area contributed by atoms with Crippen LogP contribution in [-0.4, -0.2) is 5.11 Å². The summed E-state index contributed by atoms with van der Waals surface area (Å²) in [4.78, 5) is 0. The van der Waals surface area contributed by atoms with Crippen molar-refractivity contribution < 1.29 is 9.50 Å². The molecule has 0 unspecified atom stereocenters. The van der Waals surface area contributed by atoms with Crippen LogP contribution in [0.1, 0.15) is 17.2 Å². The zero-order valence-corrected chi connectivity index (χ0v) is 7.20. The van der Waals surface area contributed by atoms with Crippen LogP contribution in [-0.2, 0) is 6.61 Å². The summed E-state index contributed by atoms with van der Waals surface area (Å²) in [5, 5.41) is 8.71. The van der Waals surface area contributed by atoms with Crippen molar-refractivity contribution in [3.63, 3.8) is 0 Å². The van der Waals surface area contributed by atoms with Crippen molar-refractivity contribution in [1.29, 1.82) is 0 Å². The van der Waals surface area contributed by atoms with Gasteiger partial charge in [-0.25, -0.2) is 4.39 Å². The maximum Gasteiger partial charge on any atom is 0.129 e. The first-order valence-electron chi connectivity index (χ1n) is 3.96. The fourth-order valence-corrected chi connectivity index (χ4v) is 1.04. The third kappa shape index (κ3) is 2.14. The molecule has 0 fully saturated rings. The molecule has 0 heterocycles. The largest absolute Gasteiger partial charge is 0.392 e. The minimum Gasteiger partial charge on any atom is -0.392 e. The number of rotatable bonds is 3. The predicted octanol–water partition coefficient (Wildman–Crippen LogP) is 1.50. The van der Waals surface area contributed by atoms with Crippen molar-refractivity contribution in [2.24, 2.45) is 5.73 Å². The summed E-state index contributed by atoms with van der Waals surface area (Å²) >= 11 is 0. The van der Waals surface area contributed by atoms with Gasteiger partial charge in [-0.15, -0.1) is 6.58 Å². The second-order valence-corrected chi connectivity index (χ2v) is 2.77. The monoisotopic (exact) mass is 181 g/mol. The van der Waals surface area contributed by atoms with Crippen molar-refractivity contribution in [3.05, 3.63) is 47.8 Å². The van der Waals surface area contributed by atoms with E-state index in [0.717, 1.165) is 0 Å². The van der Waals surface area contributed by atoms with Gasteiger partial charge in [-0.3, -0.25) is 0 Å². The fraction of sp³-hybridized carbons (Fsp3) is 0.200. The molecule has 0 aliphatic heterocycles. The molecule has 0 aliphatic rings. The fourth-order valence-electron chi connectivity index (χ4n) is 1.04. The predicted molar refractivity (Wildman–Crippen MR) is 49.4 cm³/mol. The number of benzene rings is 1. The van der Waals surface area contributed by atoms with Crippen molar-refractivity contribution >= 4 is 0 Å². The lowest BCUT2D eigenvalue weighted by atomic mass is 10.1. The highest BCUT2D eigenvalue weighted by Crippen LogP contribution is 2.15. The summed E-state index contributed by atoms with van der Waals surface area (Å²) in [5.74, 6) is -0.433. The van der Waals surface area contributed by atoms with Crippen molar-refractivity contribution in [2.45, 2.75) is 12.6 Å². The molecule has 1 rings (SSSR count). The first-order valence-corrected chi connectivity index (χ1v) is 3.96. The van der Waals surface area contributed by atoms with Crippen LogP contribution >= 0.6 is 0 Å². The van der Waals surface area contributed by atoms with E-state index < -0.39 is 5.82 Å². The maximum atomic E-state index is 13.1. The lowest BCUT2D eigenvalue weighted by Crippen LogP contribution is -2.07. The van der Waals surface area contributed by atoms with Gasteiger partial charge in [0.05, 0.1) is 6.61 Å². The highest BCUT2D eigenvalue weighted by Gasteiger charge is 2.05. The second-order valence-electron chi connectivity index (χ2n) is 2.77. The topological polar surface area (TPSA) is 46.2 Å². The van der Waals surface area contributed by atoms with Crippen LogP contribution in [0.25, 0.3) is 0 Å². The number of hydrogen-bond donors (Lipinski definition) is 2. The summed E-state index contributed by atoms with van der Waals surface area (Å²) in [5.41, 5.74) is 6.54. The molecule has 70 valence electrons. The van der Waals surface area contributed by atoms with Crippen molar-refractivity contribution in [3.8, 4) is 0 Å². The summed E-state index contributed by atoms with van der Waals surface area (Å²) < 4.78 is 13.1. The van der Waals surface area contributed by atoms with Gasteiger partial charge in [0, 0.05) is 11.6 Å². The third-order valence-corrected chi connectivity index (χ3v) is 1.89. The lowest BCUT2D eigenvalue weighted by Gasteiger charge is -2.07. The van der Waals surface area contributed by atoms with E-state index in [1.54, 1.807) is 6.07 Å². The molecule has 0 bridgehead atoms. The molecule has 0 saturated heterocycles. The molecule has 3 N–H and O–H groups in total. The molecule has 3 heteroatoms. The van der Waals surface area contributed by atoms with Crippen LogP contribution in [0, 0.1) is 5.82 Å². The average molecular weight is 181 g/mol. The molecular formula is C10H12FNO. The molecular weight excluding hydrogens is 169 g/mol. The Morgan fingerprint density at radius 3 is 2.77 bits per heavy atom. The first kappa shape index (κ1) is 9.89. The number of aliphatic hydroxyl groups is 1. The van der Waals surface area contributed by atoms with Crippen LogP contribution in [0.15, 0.2) is 30.9 Å². The first-order chi connectivity index (χ1) is 6.19. The Labute approximate surface area is 76.5 Å². The number of nitrogens with two attached hydrogens (primary N) is 1. The Bertz CT molecular complexity index is 312. The molecule has 0 aromatic heterocycles. The minimum absolute atomic E-state index is 0.278. The molecule has 0 aliphatic carbocycles. The second kappa shape index (κ2) is 4.16. The van der Waals surface area contributed by atoms with Crippen molar-refractivity contribution in [1.82, 2.24) is 0 Å². The van der Waals surface area contributed by atoms with E-state index in [4.69, 9.17) is 10.8 Å². The minimum atomic E-state index is -0.433. The Kier molecular flexibility index (Phi) is 3.17. The van der Waals surface area contributed by atoms with Gasteiger partial charge < -0.3 is 10.8 Å². The number of hydrogen-bond acceptors (Lipinski definition) is 2. The lowest BCUT2D eigenvalue weighted by molar-refractivity contribution is 0.275. The van der Waals surface area contributed by atoms with E-state index in [0.29, 0.717) is 5.56 Å². The summed E-state index contributed by atoms with van der Waals surface area (Å²) in [6.45, 7) is 3.22. The smallest absolute Gasteiger partial charge is 0.129 e. The zero-order chi connectivity index (χ0) is 9.84. The van der Waals surface area contributed by atoms with Gasteiger partial charge in [0.2, 0.25) is 0 Å². The third-order valence-electron chi connectivity index (χ3n) is 1.89. The Hall–Kier alpha value is -1.19. The standard InChI is InChI=1S/C10H12FNO/c1-2-10(12)7-3-4-8(6-13)9(11)5-7/h2-5,10,13H,1,6,12H2/t10-/m0/s1. The van der Waals surface area contributed by atoms with E-state index in [-0.39, 0.29) is 18.2 Å². The van der Waals surface area contributed by atoms with Gasteiger partial charge in [-0.1, -0.05) is 18.2 Å². The van der Waals surface area contributed by atoms with E-state index in [1.807, 2.05) is 0 Å². The van der Waals surface area contributed by atoms with Gasteiger partial charge in [-0.05, 0) is 11.6 Å². The highest BCUT2D eigenvalue weighted by atomic mass is 19.1. The van der Waals surface area contributed by atoms with Gasteiger partial charge in [0.1, 0.15) is 5.82 Å². The molecule has 13 heavy (non-hydrogen) atoms. The van der Waals surface area contributed by atoms with Gasteiger partial charge in [0.15, 0.2) is 0 Å². The number of halogens is 1. The maximum absolute atomic E-state index is 13.1. The van der Waals surface area contributed by atoms with Gasteiger partial charge in [-0.2, -0.15) is 0 Å². The van der Waals surface area contributed by atoms with E-state index in [1.165, 1.54) is 18.2 Å². The quantitative estimate of drug-likeness (QED) is 0.694. The Balaban J connectivity index is 3.02. The zero-order valence-electron chi connectivity index (χ0n) is 7.20. The number of aliphatic hydroxyl groups excluding tert-OH is 1. The molecule has 1 aromatic rings. The van der Waals surface area contributed by atoms with E-state index in [2.05, 4.69) is 6.58 Å². The molecule has 0 amide bonds. The highest BCUT2D eigenvalue weighted by molar-refractivity contribution is 5.27. The van der Waals surface area contributed by atoms with Crippen LogP contribution in [0.4, 0.5) is 4.39 Å². The molecule has 0 spiro atoms. The molecule has 0 saturated carbocycles. The van der Waals surface area contributed by atoms with Gasteiger partial charge >= 0.3 is 0 Å². The van der Waals surface area contributed by atoms with Crippen LogP contribution < -0.4 is 5.73 Å². The SMILES string of the molecule is C=C[C@H](N)c1ccc(CO)c(F)c1. The molecule has 1 aromatic carbocycles. The van der Waals surface area contributed by atoms with E-state index in [9.17, 15) is 4.39 Å². The Morgan fingerprint density at radius 1 is 1.62 bits per heavy atom. The summed E-state index contributed by atoms with van der Waals surface area (Å²) in [6.07, 6.45) is 1.54. The van der Waals surface area contributed by atoms with Crippen LogP contribution in [0.2, 0.25) is 0 Å². The van der Waals surface area contributed by atoms with Crippen LogP contribution in [0.3, 0.4) is 0 Å². The average Bonchev–Trinajstić information content (AvgIpc) is 2.16. The molecule has 1 atom stereocenters. The Morgan fingerprint density at radius 2 is 2.31 bits per heavy atom. The van der Waals surface area contributed by atoms with Gasteiger partial charge in [0.25, 0.3) is 0 Å². The van der Waals surface area contributed by atoms with Crippen molar-refractivity contribution in [2.75, 3.05) is 0 Å². The normalized spacial score (nSPS) is 12.5. The molecule has 0 radical (unpaired) electrons. The van der Waals surface area contributed by atoms with E-state index >= 15 is 0 Å².